The molecule has 3 aromatic rings. The molecular formula is C20H15N3O3. The topological polar surface area (TPSA) is 71.4 Å². The molecule has 6 nitrogen and oxygen atoms in total. The summed E-state index contributed by atoms with van der Waals surface area (Å²) >= 11 is 0. The van der Waals surface area contributed by atoms with Crippen molar-refractivity contribution in [2.24, 2.45) is 0 Å². The minimum absolute atomic E-state index is 0.234. The number of rotatable bonds is 3. The van der Waals surface area contributed by atoms with Gasteiger partial charge in [-0.1, -0.05) is 6.07 Å². The number of amides is 3. The molecule has 0 saturated carbocycles. The van der Waals surface area contributed by atoms with Gasteiger partial charge in [0.05, 0.1) is 16.8 Å². The molecule has 0 fully saturated rings. The van der Waals surface area contributed by atoms with E-state index in [9.17, 15) is 14.4 Å². The van der Waals surface area contributed by atoms with Crippen LogP contribution in [-0.4, -0.2) is 34.2 Å². The van der Waals surface area contributed by atoms with Crippen LogP contribution in [0.5, 0.6) is 0 Å². The van der Waals surface area contributed by atoms with Crippen LogP contribution in [0.25, 0.3) is 5.69 Å². The summed E-state index contributed by atoms with van der Waals surface area (Å²) in [5.41, 5.74) is 2.28. The van der Waals surface area contributed by atoms with Gasteiger partial charge in [0, 0.05) is 30.7 Å². The summed E-state index contributed by atoms with van der Waals surface area (Å²) < 4.78 is 1.94. The van der Waals surface area contributed by atoms with E-state index in [1.807, 2.05) is 41.2 Å². The fraction of sp³-hybridized carbons (Fsp3) is 0.0500. The van der Waals surface area contributed by atoms with Gasteiger partial charge < -0.3 is 9.88 Å². The Morgan fingerprint density at radius 1 is 0.885 bits per heavy atom. The van der Waals surface area contributed by atoms with Crippen LogP contribution in [0.4, 0.5) is 5.69 Å². The molecule has 2 heterocycles. The summed E-state index contributed by atoms with van der Waals surface area (Å²) in [4.78, 5) is 37.9. The average molecular weight is 345 g/mol. The maximum Gasteiger partial charge on any atom is 0.263 e. The molecule has 1 aromatic heterocycles. The molecule has 0 saturated heterocycles. The monoisotopic (exact) mass is 345 g/mol. The van der Waals surface area contributed by atoms with Crippen molar-refractivity contribution in [2.75, 3.05) is 12.4 Å². The molecule has 26 heavy (non-hydrogen) atoms. The second-order valence-corrected chi connectivity index (χ2v) is 5.99. The molecule has 1 aliphatic rings. The van der Waals surface area contributed by atoms with Crippen molar-refractivity contribution in [1.29, 1.82) is 0 Å². The van der Waals surface area contributed by atoms with E-state index >= 15 is 0 Å². The average Bonchev–Trinajstić information content (AvgIpc) is 3.27. The van der Waals surface area contributed by atoms with Gasteiger partial charge in [0.2, 0.25) is 0 Å². The lowest BCUT2D eigenvalue weighted by molar-refractivity contribution is 0.0693. The number of hydrogen-bond donors (Lipinski definition) is 1. The van der Waals surface area contributed by atoms with Gasteiger partial charge in [-0.3, -0.25) is 19.3 Å². The number of nitrogens with one attached hydrogen (secondary N) is 1. The fourth-order valence-corrected chi connectivity index (χ4v) is 2.99. The predicted molar refractivity (Wildman–Crippen MR) is 96.6 cm³/mol. The molecule has 1 aliphatic heterocycles. The first-order chi connectivity index (χ1) is 12.6. The number of imide groups is 1. The van der Waals surface area contributed by atoms with Gasteiger partial charge >= 0.3 is 0 Å². The quantitative estimate of drug-likeness (QED) is 0.742. The van der Waals surface area contributed by atoms with Crippen molar-refractivity contribution < 1.29 is 14.4 Å². The molecular weight excluding hydrogens is 330 g/mol. The van der Waals surface area contributed by atoms with Crippen LogP contribution in [0.3, 0.4) is 0 Å². The minimum atomic E-state index is -0.413. The lowest BCUT2D eigenvalue weighted by atomic mass is 10.1. The highest BCUT2D eigenvalue weighted by atomic mass is 16.2. The molecule has 0 bridgehead atoms. The summed E-state index contributed by atoms with van der Waals surface area (Å²) in [5.74, 6) is -1.12. The van der Waals surface area contributed by atoms with Crippen LogP contribution in [-0.2, 0) is 0 Å². The molecule has 0 unspecified atom stereocenters. The Morgan fingerprint density at radius 3 is 2.27 bits per heavy atom. The van der Waals surface area contributed by atoms with Gasteiger partial charge in [-0.25, -0.2) is 0 Å². The van der Waals surface area contributed by atoms with Gasteiger partial charge in [-0.2, -0.15) is 0 Å². The maximum absolute atomic E-state index is 12.6. The number of hydrogen-bond acceptors (Lipinski definition) is 3. The smallest absolute Gasteiger partial charge is 0.263 e. The molecule has 0 atom stereocenters. The zero-order valence-electron chi connectivity index (χ0n) is 14.0. The third kappa shape index (κ3) is 2.48. The molecule has 0 aliphatic carbocycles. The number of carbonyl (C=O) groups is 3. The van der Waals surface area contributed by atoms with Crippen molar-refractivity contribution in [3.8, 4) is 5.69 Å². The van der Waals surface area contributed by atoms with Gasteiger partial charge in [0.1, 0.15) is 0 Å². The molecule has 0 radical (unpaired) electrons. The van der Waals surface area contributed by atoms with Crippen LogP contribution in [0.15, 0.2) is 67.0 Å². The fourth-order valence-electron chi connectivity index (χ4n) is 2.99. The Hall–Kier alpha value is -3.67. The number of carbonyl (C=O) groups excluding carboxylic acids is 3. The van der Waals surface area contributed by atoms with Crippen LogP contribution < -0.4 is 5.32 Å². The first-order valence-corrected chi connectivity index (χ1v) is 8.06. The van der Waals surface area contributed by atoms with Crippen LogP contribution in [0.1, 0.15) is 31.1 Å². The third-order valence-corrected chi connectivity index (χ3v) is 4.40. The van der Waals surface area contributed by atoms with Crippen molar-refractivity contribution in [3.05, 3.63) is 83.7 Å². The van der Waals surface area contributed by atoms with Crippen LogP contribution in [0.2, 0.25) is 0 Å². The van der Waals surface area contributed by atoms with Gasteiger partial charge in [0.25, 0.3) is 17.7 Å². The highest BCUT2D eigenvalue weighted by molar-refractivity contribution is 6.24. The van der Waals surface area contributed by atoms with E-state index < -0.39 is 5.91 Å². The SMILES string of the molecule is CN1C(=O)c2cccc(NC(=O)c3ccc(-n4cccc4)cc3)c2C1=O. The van der Waals surface area contributed by atoms with Crippen LogP contribution in [0, 0.1) is 0 Å². The van der Waals surface area contributed by atoms with E-state index in [1.54, 1.807) is 30.3 Å². The molecule has 3 amide bonds. The Bertz CT molecular complexity index is 1020. The number of anilines is 1. The Labute approximate surface area is 149 Å². The maximum atomic E-state index is 12.6. The first-order valence-electron chi connectivity index (χ1n) is 8.06. The first kappa shape index (κ1) is 15.8. The van der Waals surface area contributed by atoms with Crippen molar-refractivity contribution >= 4 is 23.4 Å². The van der Waals surface area contributed by atoms with Gasteiger partial charge in [-0.05, 0) is 48.5 Å². The zero-order valence-corrected chi connectivity index (χ0v) is 14.0. The molecule has 6 heteroatoms. The summed E-state index contributed by atoms with van der Waals surface area (Å²) in [6.07, 6.45) is 3.84. The number of benzene rings is 2. The third-order valence-electron chi connectivity index (χ3n) is 4.40. The standard InChI is InChI=1S/C20H15N3O3/c1-22-19(25)15-5-4-6-16(17(15)20(22)26)21-18(24)13-7-9-14(10-8-13)23-11-2-3-12-23/h2-12H,1H3,(H,21,24). The molecule has 0 spiro atoms. The van der Waals surface area contributed by atoms with E-state index in [1.165, 1.54) is 7.05 Å². The van der Waals surface area contributed by atoms with Gasteiger partial charge in [-0.15, -0.1) is 0 Å². The summed E-state index contributed by atoms with van der Waals surface area (Å²) in [6, 6.07) is 15.8. The molecule has 4 rings (SSSR count). The second kappa shape index (κ2) is 6.00. The van der Waals surface area contributed by atoms with E-state index in [-0.39, 0.29) is 17.4 Å². The number of nitrogens with zero attached hydrogens (tertiary/aromatic N) is 2. The normalized spacial score (nSPS) is 13.0. The Balaban J connectivity index is 1.60. The number of fused-ring (bicyclic) bond motifs is 1. The molecule has 128 valence electrons. The van der Waals surface area contributed by atoms with Gasteiger partial charge in [0.15, 0.2) is 0 Å². The molecule has 2 aromatic carbocycles. The largest absolute Gasteiger partial charge is 0.324 e. The lowest BCUT2D eigenvalue weighted by Crippen LogP contribution is -2.24. The van der Waals surface area contributed by atoms with Crippen LogP contribution >= 0.6 is 0 Å². The summed E-state index contributed by atoms with van der Waals surface area (Å²) in [7, 11) is 1.43. The number of aromatic nitrogens is 1. The van der Waals surface area contributed by atoms with E-state index in [0.29, 0.717) is 16.8 Å². The van der Waals surface area contributed by atoms with E-state index in [2.05, 4.69) is 5.32 Å². The van der Waals surface area contributed by atoms with E-state index in [0.717, 1.165) is 10.6 Å². The minimum Gasteiger partial charge on any atom is -0.324 e. The summed E-state index contributed by atoms with van der Waals surface area (Å²) in [5, 5.41) is 2.74. The zero-order chi connectivity index (χ0) is 18.3. The second-order valence-electron chi connectivity index (χ2n) is 5.99. The highest BCUT2D eigenvalue weighted by Gasteiger charge is 2.35. The predicted octanol–water partition coefficient (Wildman–Crippen LogP) is 2.96. The Kier molecular flexibility index (Phi) is 3.65. The molecule has 1 N–H and O–H groups in total. The van der Waals surface area contributed by atoms with Crippen molar-refractivity contribution in [1.82, 2.24) is 9.47 Å². The van der Waals surface area contributed by atoms with Crippen molar-refractivity contribution in [2.45, 2.75) is 0 Å². The Morgan fingerprint density at radius 2 is 1.58 bits per heavy atom. The summed E-state index contributed by atoms with van der Waals surface area (Å²) in [6.45, 7) is 0. The lowest BCUT2D eigenvalue weighted by Gasteiger charge is -2.10. The van der Waals surface area contributed by atoms with Crippen molar-refractivity contribution in [3.63, 3.8) is 0 Å². The highest BCUT2D eigenvalue weighted by Crippen LogP contribution is 2.28. The van der Waals surface area contributed by atoms with E-state index in [4.69, 9.17) is 0 Å².